The van der Waals surface area contributed by atoms with Gasteiger partial charge in [-0.1, -0.05) is 17.2 Å². The second-order valence-corrected chi connectivity index (χ2v) is 5.85. The number of nitrogens with zero attached hydrogens (tertiary/aromatic N) is 2. The van der Waals surface area contributed by atoms with E-state index in [1.165, 1.54) is 0 Å². The van der Waals surface area contributed by atoms with Gasteiger partial charge >= 0.3 is 0 Å². The first kappa shape index (κ1) is 18.9. The molecule has 2 aromatic rings. The lowest BCUT2D eigenvalue weighted by Crippen LogP contribution is -2.38. The Morgan fingerprint density at radius 3 is 2.54 bits per heavy atom. The molecule has 0 unspecified atom stereocenters. The summed E-state index contributed by atoms with van der Waals surface area (Å²) in [5.41, 5.74) is 2.98. The van der Waals surface area contributed by atoms with Gasteiger partial charge in [-0.3, -0.25) is 9.59 Å². The minimum Gasteiger partial charge on any atom is -0.367 e. The van der Waals surface area contributed by atoms with Gasteiger partial charge in [0, 0.05) is 24.8 Å². The molecule has 0 aliphatic rings. The summed E-state index contributed by atoms with van der Waals surface area (Å²) >= 11 is 0. The van der Waals surface area contributed by atoms with Crippen LogP contribution < -0.4 is 16.0 Å². The van der Waals surface area contributed by atoms with Crippen molar-refractivity contribution < 1.29 is 9.59 Å². The molecule has 7 heteroatoms. The van der Waals surface area contributed by atoms with E-state index in [1.807, 2.05) is 26.0 Å². The van der Waals surface area contributed by atoms with Gasteiger partial charge in [0.2, 0.25) is 5.91 Å². The van der Waals surface area contributed by atoms with Crippen LogP contribution in [0.3, 0.4) is 0 Å². The number of aromatic nitrogens is 1. The zero-order valence-corrected chi connectivity index (χ0v) is 14.8. The summed E-state index contributed by atoms with van der Waals surface area (Å²) in [6, 6.07) is 10.9. The van der Waals surface area contributed by atoms with Crippen LogP contribution >= 0.6 is 0 Å². The molecule has 0 atom stereocenters. The highest BCUT2D eigenvalue weighted by atomic mass is 16.2. The van der Waals surface area contributed by atoms with Gasteiger partial charge in [-0.2, -0.15) is 5.26 Å². The fraction of sp³-hybridized carbons (Fsp3) is 0.263. The summed E-state index contributed by atoms with van der Waals surface area (Å²) in [6.07, 6.45) is 1.59. The summed E-state index contributed by atoms with van der Waals surface area (Å²) < 4.78 is 0. The first-order valence-electron chi connectivity index (χ1n) is 8.22. The van der Waals surface area contributed by atoms with Crippen molar-refractivity contribution in [3.05, 3.63) is 58.8 Å². The zero-order chi connectivity index (χ0) is 18.9. The second kappa shape index (κ2) is 9.18. The molecule has 0 aliphatic carbocycles. The van der Waals surface area contributed by atoms with E-state index in [-0.39, 0.29) is 18.4 Å². The largest absolute Gasteiger partial charge is 0.367 e. The molecule has 2 amide bonds. The van der Waals surface area contributed by atoms with E-state index in [1.54, 1.807) is 30.5 Å². The van der Waals surface area contributed by atoms with Crippen LogP contribution in [0, 0.1) is 25.2 Å². The number of carbonyl (C=O) groups is 2. The number of pyridine rings is 1. The van der Waals surface area contributed by atoms with E-state index in [9.17, 15) is 9.59 Å². The van der Waals surface area contributed by atoms with Gasteiger partial charge in [-0.05, 0) is 38.1 Å². The van der Waals surface area contributed by atoms with Crippen LogP contribution in [-0.2, 0) is 4.79 Å². The lowest BCUT2D eigenvalue weighted by atomic mass is 10.1. The topological polar surface area (TPSA) is 107 Å². The average molecular weight is 351 g/mol. The van der Waals surface area contributed by atoms with Crippen LogP contribution in [-0.4, -0.2) is 36.4 Å². The fourth-order valence-electron chi connectivity index (χ4n) is 2.45. The number of carbonyl (C=O) groups excluding carboxylic acids is 2. The number of anilines is 1. The summed E-state index contributed by atoms with van der Waals surface area (Å²) in [5, 5.41) is 17.3. The van der Waals surface area contributed by atoms with Crippen molar-refractivity contribution in [3.8, 4) is 6.07 Å². The number of benzene rings is 1. The molecule has 3 N–H and O–H groups in total. The third-order valence-corrected chi connectivity index (χ3v) is 3.56. The highest BCUT2D eigenvalue weighted by Crippen LogP contribution is 2.09. The molecule has 0 saturated heterocycles. The van der Waals surface area contributed by atoms with Gasteiger partial charge in [0.1, 0.15) is 11.9 Å². The molecule has 0 bridgehead atoms. The predicted molar refractivity (Wildman–Crippen MR) is 98.7 cm³/mol. The van der Waals surface area contributed by atoms with Crippen molar-refractivity contribution >= 4 is 17.6 Å². The number of hydrogen-bond acceptors (Lipinski definition) is 5. The van der Waals surface area contributed by atoms with Crippen molar-refractivity contribution in [2.75, 3.05) is 25.0 Å². The average Bonchev–Trinajstić information content (AvgIpc) is 2.62. The normalized spacial score (nSPS) is 9.88. The van der Waals surface area contributed by atoms with Crippen molar-refractivity contribution in [2.45, 2.75) is 13.8 Å². The number of amides is 2. The van der Waals surface area contributed by atoms with E-state index in [4.69, 9.17) is 5.26 Å². The fourth-order valence-corrected chi connectivity index (χ4v) is 2.45. The van der Waals surface area contributed by atoms with Crippen LogP contribution in [0.25, 0.3) is 0 Å². The molecule has 2 rings (SSSR count). The van der Waals surface area contributed by atoms with Gasteiger partial charge in [0.15, 0.2) is 0 Å². The molecule has 0 aliphatic heterocycles. The van der Waals surface area contributed by atoms with E-state index in [2.05, 4.69) is 20.9 Å². The quantitative estimate of drug-likeness (QED) is 0.656. The van der Waals surface area contributed by atoms with Crippen molar-refractivity contribution in [2.24, 2.45) is 0 Å². The molecule has 0 fully saturated rings. The standard InChI is InChI=1S/C19H21N5O2/c1-13-8-14(2)10-16(9-13)19(26)24-12-17(25)21-6-7-23-18-15(11-20)4-3-5-22-18/h3-5,8-10H,6-7,12H2,1-2H3,(H,21,25)(H,22,23)(H,24,26). The molecule has 1 aromatic heterocycles. The van der Waals surface area contributed by atoms with Crippen LogP contribution in [0.2, 0.25) is 0 Å². The molecule has 26 heavy (non-hydrogen) atoms. The number of hydrogen-bond donors (Lipinski definition) is 3. The predicted octanol–water partition coefficient (Wildman–Crippen LogP) is 1.53. The molecule has 0 saturated carbocycles. The third-order valence-electron chi connectivity index (χ3n) is 3.56. The Labute approximate surface area is 152 Å². The highest BCUT2D eigenvalue weighted by molar-refractivity contribution is 5.96. The molecule has 0 spiro atoms. The summed E-state index contributed by atoms with van der Waals surface area (Å²) in [7, 11) is 0. The zero-order valence-electron chi connectivity index (χ0n) is 14.8. The molecular weight excluding hydrogens is 330 g/mol. The maximum absolute atomic E-state index is 12.1. The molecular formula is C19H21N5O2. The highest BCUT2D eigenvalue weighted by Gasteiger charge is 2.09. The summed E-state index contributed by atoms with van der Waals surface area (Å²) in [5.74, 6) is -0.0874. The summed E-state index contributed by atoms with van der Waals surface area (Å²) in [4.78, 5) is 28.0. The second-order valence-electron chi connectivity index (χ2n) is 5.85. The number of nitriles is 1. The van der Waals surface area contributed by atoms with Gasteiger partial charge in [-0.25, -0.2) is 4.98 Å². The maximum Gasteiger partial charge on any atom is 0.251 e. The molecule has 0 radical (unpaired) electrons. The lowest BCUT2D eigenvalue weighted by Gasteiger charge is -2.09. The van der Waals surface area contributed by atoms with Crippen molar-refractivity contribution in [3.63, 3.8) is 0 Å². The van der Waals surface area contributed by atoms with Gasteiger partial charge in [-0.15, -0.1) is 0 Å². The van der Waals surface area contributed by atoms with Crippen LogP contribution in [0.15, 0.2) is 36.5 Å². The number of nitrogens with one attached hydrogen (secondary N) is 3. The minimum absolute atomic E-state index is 0.0984. The van der Waals surface area contributed by atoms with E-state index < -0.39 is 0 Å². The molecule has 134 valence electrons. The monoisotopic (exact) mass is 351 g/mol. The Balaban J connectivity index is 1.72. The molecule has 7 nitrogen and oxygen atoms in total. The van der Waals surface area contributed by atoms with Crippen LogP contribution in [0.1, 0.15) is 27.0 Å². The maximum atomic E-state index is 12.1. The molecule has 1 aromatic carbocycles. The Morgan fingerprint density at radius 1 is 1.12 bits per heavy atom. The minimum atomic E-state index is -0.286. The van der Waals surface area contributed by atoms with Crippen LogP contribution in [0.4, 0.5) is 5.82 Å². The summed E-state index contributed by atoms with van der Waals surface area (Å²) in [6.45, 7) is 4.51. The Kier molecular flexibility index (Phi) is 6.68. The molecule has 1 heterocycles. The van der Waals surface area contributed by atoms with E-state index >= 15 is 0 Å². The Morgan fingerprint density at radius 2 is 1.85 bits per heavy atom. The first-order chi connectivity index (χ1) is 12.5. The van der Waals surface area contributed by atoms with E-state index in [0.29, 0.717) is 30.0 Å². The van der Waals surface area contributed by atoms with Gasteiger partial charge in [0.25, 0.3) is 5.91 Å². The number of rotatable bonds is 7. The van der Waals surface area contributed by atoms with E-state index in [0.717, 1.165) is 11.1 Å². The van der Waals surface area contributed by atoms with Gasteiger partial charge < -0.3 is 16.0 Å². The Hall–Kier alpha value is -3.40. The number of aryl methyl sites for hydroxylation is 2. The van der Waals surface area contributed by atoms with Crippen molar-refractivity contribution in [1.82, 2.24) is 15.6 Å². The van der Waals surface area contributed by atoms with Crippen LogP contribution in [0.5, 0.6) is 0 Å². The SMILES string of the molecule is Cc1cc(C)cc(C(=O)NCC(=O)NCCNc2ncccc2C#N)c1. The Bertz CT molecular complexity index is 822. The van der Waals surface area contributed by atoms with Gasteiger partial charge in [0.05, 0.1) is 12.1 Å². The lowest BCUT2D eigenvalue weighted by molar-refractivity contribution is -0.120. The smallest absolute Gasteiger partial charge is 0.251 e. The third kappa shape index (κ3) is 5.60. The van der Waals surface area contributed by atoms with Crippen molar-refractivity contribution in [1.29, 1.82) is 5.26 Å². The first-order valence-corrected chi connectivity index (χ1v) is 8.22.